The third-order valence-electron chi connectivity index (χ3n) is 4.70. The molecule has 5 nitrogen and oxygen atoms in total. The van der Waals surface area contributed by atoms with Gasteiger partial charge in [0.25, 0.3) is 0 Å². The van der Waals surface area contributed by atoms with E-state index >= 15 is 0 Å². The van der Waals surface area contributed by atoms with Crippen molar-refractivity contribution in [3.63, 3.8) is 0 Å². The summed E-state index contributed by atoms with van der Waals surface area (Å²) in [6, 6.07) is 13.4. The van der Waals surface area contributed by atoms with Crippen molar-refractivity contribution in [3.8, 4) is 10.6 Å². The number of piperidine rings is 1. The maximum Gasteiger partial charge on any atom is 0.321 e. The number of hydrogen-bond acceptors (Lipinski definition) is 4. The number of urea groups is 1. The highest BCUT2D eigenvalue weighted by molar-refractivity contribution is 7.14. The van der Waals surface area contributed by atoms with Gasteiger partial charge in [-0.2, -0.15) is 0 Å². The molecule has 8 heteroatoms. The van der Waals surface area contributed by atoms with E-state index in [1.165, 1.54) is 17.4 Å². The minimum Gasteiger partial charge on any atom is -0.324 e. The third kappa shape index (κ3) is 4.15. The minimum absolute atomic E-state index is 0.0998. The lowest BCUT2D eigenvalue weighted by Crippen LogP contribution is -2.41. The number of hydrogen-bond donors (Lipinski definition) is 1. The van der Waals surface area contributed by atoms with Crippen LogP contribution < -0.4 is 5.32 Å². The maximum atomic E-state index is 14.0. The number of amides is 2. The van der Waals surface area contributed by atoms with Crippen LogP contribution in [0.1, 0.15) is 23.8 Å². The van der Waals surface area contributed by atoms with Crippen LogP contribution in [0.4, 0.5) is 14.9 Å². The normalized spacial score (nSPS) is 16.8. The predicted octanol–water partition coefficient (Wildman–Crippen LogP) is 5.41. The number of anilines is 1. The smallest absolute Gasteiger partial charge is 0.321 e. The van der Waals surface area contributed by atoms with Gasteiger partial charge in [-0.1, -0.05) is 35.1 Å². The van der Waals surface area contributed by atoms with Gasteiger partial charge >= 0.3 is 6.03 Å². The summed E-state index contributed by atoms with van der Waals surface area (Å²) in [4.78, 5) is 14.4. The second kappa shape index (κ2) is 8.24. The van der Waals surface area contributed by atoms with Crippen LogP contribution in [0, 0.1) is 5.82 Å². The second-order valence-electron chi connectivity index (χ2n) is 6.65. The molecule has 1 aromatic heterocycles. The second-order valence-corrected chi connectivity index (χ2v) is 8.09. The zero-order valence-corrected chi connectivity index (χ0v) is 16.5. The van der Waals surface area contributed by atoms with Gasteiger partial charge in [-0.05, 0) is 49.2 Å². The van der Waals surface area contributed by atoms with E-state index in [4.69, 9.17) is 11.6 Å². The average Bonchev–Trinajstić information content (AvgIpc) is 3.20. The lowest BCUT2D eigenvalue weighted by molar-refractivity contribution is 0.192. The summed E-state index contributed by atoms with van der Waals surface area (Å²) in [5, 5.41) is 13.4. The fourth-order valence-electron chi connectivity index (χ4n) is 3.24. The van der Waals surface area contributed by atoms with Gasteiger partial charge < -0.3 is 10.2 Å². The molecule has 1 unspecified atom stereocenters. The molecule has 2 amide bonds. The molecule has 4 rings (SSSR count). The first kappa shape index (κ1) is 18.8. The molecular weight excluding hydrogens is 399 g/mol. The van der Waals surface area contributed by atoms with Crippen molar-refractivity contribution in [1.29, 1.82) is 0 Å². The van der Waals surface area contributed by atoms with Crippen LogP contribution in [-0.2, 0) is 0 Å². The van der Waals surface area contributed by atoms with E-state index < -0.39 is 0 Å². The number of halogens is 2. The van der Waals surface area contributed by atoms with E-state index in [-0.39, 0.29) is 17.8 Å². The Morgan fingerprint density at radius 3 is 2.75 bits per heavy atom. The molecule has 2 aromatic carbocycles. The number of carbonyl (C=O) groups excluding carboxylic acids is 1. The van der Waals surface area contributed by atoms with Crippen molar-refractivity contribution >= 4 is 34.7 Å². The number of rotatable bonds is 3. The minimum atomic E-state index is -0.308. The van der Waals surface area contributed by atoms with Crippen molar-refractivity contribution in [3.05, 3.63) is 64.4 Å². The molecule has 0 bridgehead atoms. The zero-order chi connectivity index (χ0) is 19.5. The number of benzene rings is 2. The topological polar surface area (TPSA) is 58.1 Å². The van der Waals surface area contributed by atoms with Crippen LogP contribution in [0.25, 0.3) is 10.6 Å². The summed E-state index contributed by atoms with van der Waals surface area (Å²) in [6.07, 6.45) is 1.81. The summed E-state index contributed by atoms with van der Waals surface area (Å²) in [5.41, 5.74) is 1.16. The first-order valence-electron chi connectivity index (χ1n) is 9.00. The largest absolute Gasteiger partial charge is 0.324 e. The highest BCUT2D eigenvalue weighted by Gasteiger charge is 2.27. The van der Waals surface area contributed by atoms with E-state index in [1.807, 2.05) is 0 Å². The van der Waals surface area contributed by atoms with Gasteiger partial charge in [0.1, 0.15) is 10.8 Å². The average molecular weight is 417 g/mol. The first-order valence-corrected chi connectivity index (χ1v) is 10.2. The fraction of sp³-hybridized carbons (Fsp3) is 0.250. The summed E-state index contributed by atoms with van der Waals surface area (Å²) in [5.74, 6) is -0.208. The molecule has 1 fully saturated rings. The maximum absolute atomic E-state index is 14.0. The molecule has 1 aliphatic heterocycles. The lowest BCUT2D eigenvalue weighted by Gasteiger charge is -2.31. The van der Waals surface area contributed by atoms with Crippen LogP contribution in [0.5, 0.6) is 0 Å². The Kier molecular flexibility index (Phi) is 5.54. The number of likely N-dealkylation sites (tertiary alicyclic amines) is 1. The van der Waals surface area contributed by atoms with Crippen LogP contribution in [0.3, 0.4) is 0 Å². The molecule has 0 aliphatic carbocycles. The number of nitrogens with zero attached hydrogens (tertiary/aromatic N) is 3. The Morgan fingerprint density at radius 2 is 1.96 bits per heavy atom. The quantitative estimate of drug-likeness (QED) is 0.621. The highest BCUT2D eigenvalue weighted by Crippen LogP contribution is 2.33. The van der Waals surface area contributed by atoms with Crippen molar-refractivity contribution < 1.29 is 9.18 Å². The molecule has 28 heavy (non-hydrogen) atoms. The van der Waals surface area contributed by atoms with Gasteiger partial charge in [0, 0.05) is 35.3 Å². The van der Waals surface area contributed by atoms with Crippen molar-refractivity contribution in [2.75, 3.05) is 18.4 Å². The molecule has 0 spiro atoms. The van der Waals surface area contributed by atoms with Gasteiger partial charge in [0.2, 0.25) is 0 Å². The Hall–Kier alpha value is -2.51. The van der Waals surface area contributed by atoms with E-state index in [0.29, 0.717) is 34.4 Å². The standard InChI is InChI=1S/C20H18ClFN4OS/c21-14-7-9-15(10-8-14)23-20(27)26-11-3-4-13(12-26)18-24-25-19(28-18)16-5-1-2-6-17(16)22/h1-2,5-10,13H,3-4,11-12H2,(H,23,27). The van der Waals surface area contributed by atoms with Gasteiger partial charge in [-0.3, -0.25) is 0 Å². The molecule has 1 saturated heterocycles. The molecule has 3 aromatic rings. The number of nitrogens with one attached hydrogen (secondary N) is 1. The van der Waals surface area contributed by atoms with Crippen molar-refractivity contribution in [2.45, 2.75) is 18.8 Å². The van der Waals surface area contributed by atoms with Crippen molar-refractivity contribution in [2.24, 2.45) is 0 Å². The summed E-state index contributed by atoms with van der Waals surface area (Å²) in [7, 11) is 0. The van der Waals surface area contributed by atoms with Gasteiger partial charge in [-0.15, -0.1) is 10.2 Å². The first-order chi connectivity index (χ1) is 13.6. The Labute approximate surface area is 171 Å². The van der Waals surface area contributed by atoms with E-state index in [0.717, 1.165) is 17.8 Å². The molecule has 1 atom stereocenters. The Morgan fingerprint density at radius 1 is 1.18 bits per heavy atom. The molecule has 1 aliphatic rings. The fourth-order valence-corrected chi connectivity index (χ4v) is 4.36. The molecule has 144 valence electrons. The zero-order valence-electron chi connectivity index (χ0n) is 14.9. The van der Waals surface area contributed by atoms with E-state index in [2.05, 4.69) is 15.5 Å². The highest BCUT2D eigenvalue weighted by atomic mass is 35.5. The molecule has 2 heterocycles. The van der Waals surface area contributed by atoms with Gasteiger partial charge in [0.05, 0.1) is 0 Å². The number of carbonyl (C=O) groups is 1. The lowest BCUT2D eigenvalue weighted by atomic mass is 9.99. The Bertz CT molecular complexity index is 978. The summed E-state index contributed by atoms with van der Waals surface area (Å²) < 4.78 is 14.0. The van der Waals surface area contributed by atoms with Crippen LogP contribution >= 0.6 is 22.9 Å². The van der Waals surface area contributed by atoms with Gasteiger partial charge in [-0.25, -0.2) is 9.18 Å². The molecule has 1 N–H and O–H groups in total. The molecule has 0 radical (unpaired) electrons. The van der Waals surface area contributed by atoms with Crippen molar-refractivity contribution in [1.82, 2.24) is 15.1 Å². The molecular formula is C20H18ClFN4OS. The van der Waals surface area contributed by atoms with Crippen LogP contribution in [0.2, 0.25) is 5.02 Å². The number of aromatic nitrogens is 2. The van der Waals surface area contributed by atoms with E-state index in [9.17, 15) is 9.18 Å². The molecule has 0 saturated carbocycles. The van der Waals surface area contributed by atoms with E-state index in [1.54, 1.807) is 47.4 Å². The predicted molar refractivity (Wildman–Crippen MR) is 109 cm³/mol. The van der Waals surface area contributed by atoms with Gasteiger partial charge in [0.15, 0.2) is 5.01 Å². The van der Waals surface area contributed by atoms with Crippen LogP contribution in [0.15, 0.2) is 48.5 Å². The monoisotopic (exact) mass is 416 g/mol. The summed E-state index contributed by atoms with van der Waals surface area (Å²) in [6.45, 7) is 1.25. The van der Waals surface area contributed by atoms with Crippen LogP contribution in [-0.4, -0.2) is 34.2 Å². The Balaban J connectivity index is 1.44. The third-order valence-corrected chi connectivity index (χ3v) is 6.07. The SMILES string of the molecule is O=C(Nc1ccc(Cl)cc1)N1CCCC(c2nnc(-c3ccccc3F)s2)C1. The summed E-state index contributed by atoms with van der Waals surface area (Å²) >= 11 is 7.27.